The van der Waals surface area contributed by atoms with Crippen molar-refractivity contribution in [3.8, 4) is 11.5 Å². The van der Waals surface area contributed by atoms with Gasteiger partial charge in [0.1, 0.15) is 16.7 Å². The topological polar surface area (TPSA) is 50.7 Å². The van der Waals surface area contributed by atoms with E-state index in [4.69, 9.17) is 23.2 Å². The van der Waals surface area contributed by atoms with Crippen molar-refractivity contribution in [3.63, 3.8) is 0 Å². The summed E-state index contributed by atoms with van der Waals surface area (Å²) in [5.74, 6) is 1.03. The number of para-hydroxylation sites is 1. The van der Waals surface area contributed by atoms with Crippen LogP contribution in [0.4, 0.5) is 11.5 Å². The van der Waals surface area contributed by atoms with Gasteiger partial charge in [-0.3, -0.25) is 4.98 Å². The molecule has 0 spiro atoms. The highest BCUT2D eigenvalue weighted by atomic mass is 35.5. The van der Waals surface area contributed by atoms with Crippen LogP contribution in [0.25, 0.3) is 11.5 Å². The van der Waals surface area contributed by atoms with Gasteiger partial charge in [-0.15, -0.1) is 0 Å². The molecular formula is C16H12Cl2N4. The summed E-state index contributed by atoms with van der Waals surface area (Å²) in [4.78, 5) is 12.9. The van der Waals surface area contributed by atoms with E-state index in [2.05, 4.69) is 20.3 Å². The first kappa shape index (κ1) is 14.8. The fourth-order valence-corrected chi connectivity index (χ4v) is 2.46. The quantitative estimate of drug-likeness (QED) is 0.694. The van der Waals surface area contributed by atoms with E-state index in [0.717, 1.165) is 11.3 Å². The van der Waals surface area contributed by atoms with E-state index in [-0.39, 0.29) is 0 Å². The zero-order valence-electron chi connectivity index (χ0n) is 11.7. The Labute approximate surface area is 138 Å². The first-order chi connectivity index (χ1) is 10.6. The third-order valence-corrected chi connectivity index (χ3v) is 3.57. The Kier molecular flexibility index (Phi) is 4.22. The number of aryl methyl sites for hydroxylation is 1. The van der Waals surface area contributed by atoms with E-state index in [1.807, 2.05) is 43.3 Å². The lowest BCUT2D eigenvalue weighted by atomic mass is 10.2. The van der Waals surface area contributed by atoms with Crippen LogP contribution < -0.4 is 5.32 Å². The molecule has 0 radical (unpaired) electrons. The van der Waals surface area contributed by atoms with Crippen LogP contribution in [0, 0.1) is 6.92 Å². The van der Waals surface area contributed by atoms with Gasteiger partial charge in [-0.25, -0.2) is 9.97 Å². The predicted octanol–water partition coefficient (Wildman–Crippen LogP) is 4.90. The molecule has 0 atom stereocenters. The molecule has 0 amide bonds. The molecule has 0 aliphatic carbocycles. The molecule has 2 heterocycles. The fourth-order valence-electron chi connectivity index (χ4n) is 2.01. The van der Waals surface area contributed by atoms with Crippen LogP contribution in [-0.4, -0.2) is 15.0 Å². The lowest BCUT2D eigenvalue weighted by Gasteiger charge is -2.11. The maximum Gasteiger partial charge on any atom is 0.181 e. The molecule has 2 aromatic heterocycles. The second-order valence-corrected chi connectivity index (χ2v) is 5.47. The SMILES string of the molecule is Cc1cccc(Cl)c1Nc1cc(Cl)nc(-c2ccccn2)n1. The van der Waals surface area contributed by atoms with Crippen LogP contribution in [0.15, 0.2) is 48.7 Å². The van der Waals surface area contributed by atoms with Crippen LogP contribution in [0.1, 0.15) is 5.56 Å². The minimum Gasteiger partial charge on any atom is -0.339 e. The van der Waals surface area contributed by atoms with E-state index >= 15 is 0 Å². The van der Waals surface area contributed by atoms with Gasteiger partial charge in [0.15, 0.2) is 5.82 Å². The van der Waals surface area contributed by atoms with Crippen LogP contribution in [0.3, 0.4) is 0 Å². The smallest absolute Gasteiger partial charge is 0.181 e. The van der Waals surface area contributed by atoms with Crippen molar-refractivity contribution in [3.05, 3.63) is 64.4 Å². The first-order valence-corrected chi connectivity index (χ1v) is 7.37. The average molecular weight is 331 g/mol. The Balaban J connectivity index is 2.00. The number of benzene rings is 1. The highest BCUT2D eigenvalue weighted by Crippen LogP contribution is 2.29. The minimum atomic E-state index is 0.336. The molecule has 4 nitrogen and oxygen atoms in total. The number of halogens is 2. The Morgan fingerprint density at radius 3 is 2.59 bits per heavy atom. The standard InChI is InChI=1S/C16H12Cl2N4/c1-10-5-4-6-11(17)15(10)21-14-9-13(18)20-16(22-14)12-7-2-3-8-19-12/h2-9H,1H3,(H,20,21,22). The van der Waals surface area contributed by atoms with E-state index in [1.165, 1.54) is 0 Å². The zero-order valence-corrected chi connectivity index (χ0v) is 13.2. The van der Waals surface area contributed by atoms with Crippen molar-refractivity contribution in [2.45, 2.75) is 6.92 Å². The van der Waals surface area contributed by atoms with Gasteiger partial charge in [-0.2, -0.15) is 0 Å². The lowest BCUT2D eigenvalue weighted by molar-refractivity contribution is 1.14. The summed E-state index contributed by atoms with van der Waals surface area (Å²) in [5.41, 5.74) is 2.47. The molecule has 6 heteroatoms. The average Bonchev–Trinajstić information content (AvgIpc) is 2.51. The van der Waals surface area contributed by atoms with Gasteiger partial charge in [0.25, 0.3) is 0 Å². The van der Waals surface area contributed by atoms with Crippen molar-refractivity contribution in [2.75, 3.05) is 5.32 Å². The van der Waals surface area contributed by atoms with E-state index in [1.54, 1.807) is 12.3 Å². The Bertz CT molecular complexity index is 786. The van der Waals surface area contributed by atoms with Gasteiger partial charge in [0, 0.05) is 12.3 Å². The second kappa shape index (κ2) is 6.30. The zero-order chi connectivity index (χ0) is 15.5. The molecular weight excluding hydrogens is 319 g/mol. The molecule has 0 bridgehead atoms. The van der Waals surface area contributed by atoms with Gasteiger partial charge in [-0.1, -0.05) is 41.4 Å². The molecule has 0 aliphatic rings. The lowest BCUT2D eigenvalue weighted by Crippen LogP contribution is -2.00. The van der Waals surface area contributed by atoms with E-state index in [9.17, 15) is 0 Å². The van der Waals surface area contributed by atoms with Gasteiger partial charge in [0.05, 0.1) is 10.7 Å². The molecule has 110 valence electrons. The summed E-state index contributed by atoms with van der Waals surface area (Å²) < 4.78 is 0. The number of hydrogen-bond acceptors (Lipinski definition) is 4. The number of anilines is 2. The van der Waals surface area contributed by atoms with Gasteiger partial charge >= 0.3 is 0 Å². The van der Waals surface area contributed by atoms with E-state index < -0.39 is 0 Å². The molecule has 0 aliphatic heterocycles. The third-order valence-electron chi connectivity index (χ3n) is 3.06. The number of hydrogen-bond donors (Lipinski definition) is 1. The van der Waals surface area contributed by atoms with Crippen LogP contribution in [0.2, 0.25) is 10.2 Å². The van der Waals surface area contributed by atoms with E-state index in [0.29, 0.717) is 27.5 Å². The summed E-state index contributed by atoms with van der Waals surface area (Å²) in [6.45, 7) is 1.97. The Morgan fingerprint density at radius 1 is 1.00 bits per heavy atom. The number of nitrogens with zero attached hydrogens (tertiary/aromatic N) is 3. The van der Waals surface area contributed by atoms with Crippen LogP contribution >= 0.6 is 23.2 Å². The summed E-state index contributed by atoms with van der Waals surface area (Å²) >= 11 is 12.3. The number of pyridine rings is 1. The summed E-state index contributed by atoms with van der Waals surface area (Å²) in [6.07, 6.45) is 1.69. The third kappa shape index (κ3) is 3.18. The highest BCUT2D eigenvalue weighted by molar-refractivity contribution is 6.33. The number of nitrogens with one attached hydrogen (secondary N) is 1. The van der Waals surface area contributed by atoms with Crippen LogP contribution in [-0.2, 0) is 0 Å². The molecule has 0 saturated heterocycles. The van der Waals surface area contributed by atoms with Crippen molar-refractivity contribution < 1.29 is 0 Å². The first-order valence-electron chi connectivity index (χ1n) is 6.61. The predicted molar refractivity (Wildman–Crippen MR) is 89.7 cm³/mol. The van der Waals surface area contributed by atoms with Crippen molar-refractivity contribution in [1.29, 1.82) is 0 Å². The number of aromatic nitrogens is 3. The number of rotatable bonds is 3. The summed E-state index contributed by atoms with van der Waals surface area (Å²) in [7, 11) is 0. The molecule has 0 fully saturated rings. The largest absolute Gasteiger partial charge is 0.339 e. The van der Waals surface area contributed by atoms with Crippen molar-refractivity contribution in [1.82, 2.24) is 15.0 Å². The molecule has 22 heavy (non-hydrogen) atoms. The maximum atomic E-state index is 6.22. The van der Waals surface area contributed by atoms with Crippen molar-refractivity contribution >= 4 is 34.7 Å². The summed E-state index contributed by atoms with van der Waals surface area (Å²) in [6, 6.07) is 12.9. The highest BCUT2D eigenvalue weighted by Gasteiger charge is 2.09. The Hall–Kier alpha value is -2.17. The van der Waals surface area contributed by atoms with Gasteiger partial charge in [0.2, 0.25) is 0 Å². The molecule has 0 saturated carbocycles. The summed E-state index contributed by atoms with van der Waals surface area (Å²) in [5, 5.41) is 4.15. The maximum absolute atomic E-state index is 6.22. The second-order valence-electron chi connectivity index (χ2n) is 4.67. The minimum absolute atomic E-state index is 0.336. The molecule has 1 aromatic carbocycles. The van der Waals surface area contributed by atoms with Gasteiger partial charge in [-0.05, 0) is 30.7 Å². The molecule has 0 unspecified atom stereocenters. The Morgan fingerprint density at radius 2 is 1.86 bits per heavy atom. The molecule has 1 N–H and O–H groups in total. The van der Waals surface area contributed by atoms with Crippen LogP contribution in [0.5, 0.6) is 0 Å². The molecule has 3 rings (SSSR count). The monoisotopic (exact) mass is 330 g/mol. The van der Waals surface area contributed by atoms with Gasteiger partial charge < -0.3 is 5.32 Å². The molecule has 3 aromatic rings. The normalized spacial score (nSPS) is 10.5. The fraction of sp³-hybridized carbons (Fsp3) is 0.0625. The van der Waals surface area contributed by atoms with Crippen molar-refractivity contribution in [2.24, 2.45) is 0 Å².